The van der Waals surface area contributed by atoms with Crippen LogP contribution in [0.1, 0.15) is 5.56 Å². The number of aromatic hydroxyl groups is 1. The predicted octanol–water partition coefficient (Wildman–Crippen LogP) is 3.36. The standard InChI is InChI=1S/C18H16BrNO5/c1-24-16-9-12(5-7-15(16)21)6-8-18(23)25-11-17(22)20-14-4-2-3-13(19)10-14/h2-10,21H,11H2,1H3,(H,20,22)/b8-6+. The summed E-state index contributed by atoms with van der Waals surface area (Å²) in [5.41, 5.74) is 1.24. The molecule has 2 N–H and O–H groups in total. The van der Waals surface area contributed by atoms with E-state index in [4.69, 9.17) is 9.47 Å². The molecule has 2 aromatic carbocycles. The molecule has 0 saturated heterocycles. The van der Waals surface area contributed by atoms with E-state index >= 15 is 0 Å². The Labute approximate surface area is 153 Å². The van der Waals surface area contributed by atoms with Crippen molar-refractivity contribution in [3.63, 3.8) is 0 Å². The number of esters is 1. The van der Waals surface area contributed by atoms with E-state index in [-0.39, 0.29) is 5.75 Å². The van der Waals surface area contributed by atoms with Crippen LogP contribution in [0.5, 0.6) is 11.5 Å². The highest BCUT2D eigenvalue weighted by Crippen LogP contribution is 2.26. The quantitative estimate of drug-likeness (QED) is 0.568. The molecule has 0 atom stereocenters. The van der Waals surface area contributed by atoms with E-state index in [2.05, 4.69) is 21.2 Å². The smallest absolute Gasteiger partial charge is 0.331 e. The van der Waals surface area contributed by atoms with E-state index in [0.717, 1.165) is 4.47 Å². The summed E-state index contributed by atoms with van der Waals surface area (Å²) in [7, 11) is 1.43. The van der Waals surface area contributed by atoms with E-state index < -0.39 is 18.5 Å². The average molecular weight is 406 g/mol. The van der Waals surface area contributed by atoms with Crippen molar-refractivity contribution in [2.24, 2.45) is 0 Å². The van der Waals surface area contributed by atoms with Gasteiger partial charge in [0.05, 0.1) is 7.11 Å². The minimum atomic E-state index is -0.656. The van der Waals surface area contributed by atoms with Crippen LogP contribution in [0.2, 0.25) is 0 Å². The van der Waals surface area contributed by atoms with Crippen molar-refractivity contribution in [2.75, 3.05) is 19.0 Å². The third kappa shape index (κ3) is 5.96. The molecule has 2 rings (SSSR count). The van der Waals surface area contributed by atoms with Crippen LogP contribution < -0.4 is 10.1 Å². The number of carbonyl (C=O) groups excluding carboxylic acids is 2. The highest BCUT2D eigenvalue weighted by molar-refractivity contribution is 9.10. The molecule has 0 heterocycles. The Morgan fingerprint density at radius 3 is 2.76 bits per heavy atom. The molecule has 130 valence electrons. The van der Waals surface area contributed by atoms with E-state index in [9.17, 15) is 14.7 Å². The number of benzene rings is 2. The van der Waals surface area contributed by atoms with Gasteiger partial charge in [0.15, 0.2) is 18.1 Å². The van der Waals surface area contributed by atoms with Crippen LogP contribution in [0.4, 0.5) is 5.69 Å². The molecule has 0 aliphatic carbocycles. The van der Waals surface area contributed by atoms with E-state index in [1.54, 1.807) is 30.3 Å². The number of carbonyl (C=O) groups is 2. The van der Waals surface area contributed by atoms with Crippen LogP contribution in [-0.4, -0.2) is 30.7 Å². The lowest BCUT2D eigenvalue weighted by molar-refractivity contribution is -0.142. The summed E-state index contributed by atoms with van der Waals surface area (Å²) in [4.78, 5) is 23.4. The zero-order valence-electron chi connectivity index (χ0n) is 13.4. The van der Waals surface area contributed by atoms with E-state index in [1.807, 2.05) is 6.07 Å². The van der Waals surface area contributed by atoms with Crippen molar-refractivity contribution in [1.82, 2.24) is 0 Å². The van der Waals surface area contributed by atoms with E-state index in [0.29, 0.717) is 17.0 Å². The molecule has 2 aromatic rings. The van der Waals surface area contributed by atoms with Gasteiger partial charge in [-0.2, -0.15) is 0 Å². The van der Waals surface area contributed by atoms with Crippen LogP contribution in [0, 0.1) is 0 Å². The fourth-order valence-electron chi connectivity index (χ4n) is 1.91. The third-order valence-corrected chi connectivity index (χ3v) is 3.56. The Bertz CT molecular complexity index is 804. The molecule has 0 spiro atoms. The number of hydrogen-bond donors (Lipinski definition) is 2. The number of halogens is 1. The molecule has 0 aromatic heterocycles. The lowest BCUT2D eigenvalue weighted by Gasteiger charge is -2.06. The molecule has 0 radical (unpaired) electrons. The van der Waals surface area contributed by atoms with Crippen molar-refractivity contribution in [3.8, 4) is 11.5 Å². The molecular formula is C18H16BrNO5. The second-order valence-corrected chi connectivity index (χ2v) is 5.85. The second kappa shape index (κ2) is 8.89. The van der Waals surface area contributed by atoms with Gasteiger partial charge in [-0.25, -0.2) is 4.79 Å². The summed E-state index contributed by atoms with van der Waals surface area (Å²) in [5, 5.41) is 12.1. The number of phenolic OH excluding ortho intramolecular Hbond substituents is 1. The van der Waals surface area contributed by atoms with Crippen LogP contribution >= 0.6 is 15.9 Å². The van der Waals surface area contributed by atoms with Crippen LogP contribution in [0.3, 0.4) is 0 Å². The first kappa shape index (κ1) is 18.5. The van der Waals surface area contributed by atoms with Gasteiger partial charge in [-0.05, 0) is 42.0 Å². The molecule has 6 nitrogen and oxygen atoms in total. The molecule has 0 saturated carbocycles. The summed E-state index contributed by atoms with van der Waals surface area (Å²) in [5.74, 6) is -0.794. The van der Waals surface area contributed by atoms with Gasteiger partial charge in [-0.15, -0.1) is 0 Å². The maximum absolute atomic E-state index is 11.8. The topological polar surface area (TPSA) is 84.9 Å². The number of hydrogen-bond acceptors (Lipinski definition) is 5. The molecule has 1 amide bonds. The first-order valence-corrected chi connectivity index (χ1v) is 8.04. The van der Waals surface area contributed by atoms with Crippen LogP contribution in [0.15, 0.2) is 53.0 Å². The fraction of sp³-hybridized carbons (Fsp3) is 0.111. The Hall–Kier alpha value is -2.80. The third-order valence-electron chi connectivity index (χ3n) is 3.07. The molecule has 0 bridgehead atoms. The molecule has 0 fully saturated rings. The number of phenols is 1. The molecule has 0 unspecified atom stereocenters. The van der Waals surface area contributed by atoms with Gasteiger partial charge in [-0.3, -0.25) is 4.79 Å². The first-order valence-electron chi connectivity index (χ1n) is 7.25. The summed E-state index contributed by atoms with van der Waals surface area (Å²) < 4.78 is 10.7. The minimum Gasteiger partial charge on any atom is -0.504 e. The Morgan fingerprint density at radius 1 is 1.24 bits per heavy atom. The molecule has 25 heavy (non-hydrogen) atoms. The Kier molecular flexibility index (Phi) is 6.59. The van der Waals surface area contributed by atoms with Gasteiger partial charge in [0.25, 0.3) is 5.91 Å². The number of anilines is 1. The fourth-order valence-corrected chi connectivity index (χ4v) is 2.31. The van der Waals surface area contributed by atoms with Gasteiger partial charge in [0.2, 0.25) is 0 Å². The Balaban J connectivity index is 1.84. The molecule has 0 aliphatic rings. The van der Waals surface area contributed by atoms with E-state index in [1.165, 1.54) is 25.3 Å². The lowest BCUT2D eigenvalue weighted by Crippen LogP contribution is -2.20. The van der Waals surface area contributed by atoms with Crippen molar-refractivity contribution in [1.29, 1.82) is 0 Å². The monoisotopic (exact) mass is 405 g/mol. The number of amides is 1. The maximum atomic E-state index is 11.8. The summed E-state index contributed by atoms with van der Waals surface area (Å²) in [6.45, 7) is -0.394. The Morgan fingerprint density at radius 2 is 2.04 bits per heavy atom. The maximum Gasteiger partial charge on any atom is 0.331 e. The van der Waals surface area contributed by atoms with Gasteiger partial charge >= 0.3 is 5.97 Å². The van der Waals surface area contributed by atoms with Crippen molar-refractivity contribution in [3.05, 3.63) is 58.6 Å². The lowest BCUT2D eigenvalue weighted by atomic mass is 10.2. The number of methoxy groups -OCH3 is 1. The predicted molar refractivity (Wildman–Crippen MR) is 97.4 cm³/mol. The zero-order valence-corrected chi connectivity index (χ0v) is 14.9. The van der Waals surface area contributed by atoms with Gasteiger partial charge in [0.1, 0.15) is 0 Å². The van der Waals surface area contributed by atoms with Gasteiger partial charge in [-0.1, -0.05) is 28.1 Å². The molecular weight excluding hydrogens is 390 g/mol. The molecule has 7 heteroatoms. The number of nitrogens with one attached hydrogen (secondary N) is 1. The summed E-state index contributed by atoms with van der Waals surface area (Å²) >= 11 is 3.30. The van der Waals surface area contributed by atoms with Crippen molar-refractivity contribution in [2.45, 2.75) is 0 Å². The number of rotatable bonds is 6. The highest BCUT2D eigenvalue weighted by Gasteiger charge is 2.06. The van der Waals surface area contributed by atoms with Crippen LogP contribution in [0.25, 0.3) is 6.08 Å². The highest BCUT2D eigenvalue weighted by atomic mass is 79.9. The normalized spacial score (nSPS) is 10.5. The zero-order chi connectivity index (χ0) is 18.2. The van der Waals surface area contributed by atoms with Crippen molar-refractivity contribution < 1.29 is 24.2 Å². The largest absolute Gasteiger partial charge is 0.504 e. The summed E-state index contributed by atoms with van der Waals surface area (Å²) in [6, 6.07) is 11.7. The number of ether oxygens (including phenoxy) is 2. The SMILES string of the molecule is COc1cc(/C=C/C(=O)OCC(=O)Nc2cccc(Br)c2)ccc1O. The first-order chi connectivity index (χ1) is 12.0. The van der Waals surface area contributed by atoms with Gasteiger partial charge < -0.3 is 19.9 Å². The molecule has 0 aliphatic heterocycles. The second-order valence-electron chi connectivity index (χ2n) is 4.93. The van der Waals surface area contributed by atoms with Crippen LogP contribution in [-0.2, 0) is 14.3 Å². The minimum absolute atomic E-state index is 0.00597. The average Bonchev–Trinajstić information content (AvgIpc) is 2.59. The van der Waals surface area contributed by atoms with Crippen molar-refractivity contribution >= 4 is 39.6 Å². The summed E-state index contributed by atoms with van der Waals surface area (Å²) in [6.07, 6.45) is 2.69. The van der Waals surface area contributed by atoms with Gasteiger partial charge in [0, 0.05) is 16.2 Å².